The number of aromatic nitrogens is 2. The minimum Gasteiger partial charge on any atom is -0.480 e. The molecule has 1 heterocycles. The molecule has 1 aliphatic carbocycles. The monoisotopic (exact) mass is 209 g/mol. The van der Waals surface area contributed by atoms with E-state index in [4.69, 9.17) is 10.8 Å². The first-order chi connectivity index (χ1) is 7.18. The van der Waals surface area contributed by atoms with Crippen LogP contribution in [-0.2, 0) is 24.1 Å². The molecule has 0 aliphatic heterocycles. The number of nitrogens with two attached hydrogens (primary N) is 1. The van der Waals surface area contributed by atoms with Crippen molar-refractivity contribution in [1.82, 2.24) is 10.2 Å². The van der Waals surface area contributed by atoms with Crippen molar-refractivity contribution in [2.24, 2.45) is 5.73 Å². The van der Waals surface area contributed by atoms with Gasteiger partial charge in [-0.2, -0.15) is 5.10 Å². The van der Waals surface area contributed by atoms with E-state index in [1.54, 1.807) is 0 Å². The highest BCUT2D eigenvalue weighted by Crippen LogP contribution is 2.22. The molecule has 5 nitrogen and oxygen atoms in total. The SMILES string of the molecule is N[C@@H](Cc1n[nH]c2c1CCCC2)C(=O)O. The maximum Gasteiger partial charge on any atom is 0.320 e. The summed E-state index contributed by atoms with van der Waals surface area (Å²) in [5.74, 6) is -0.970. The summed E-state index contributed by atoms with van der Waals surface area (Å²) in [7, 11) is 0. The van der Waals surface area contributed by atoms with Crippen LogP contribution in [0.5, 0.6) is 0 Å². The maximum absolute atomic E-state index is 10.6. The number of aromatic amines is 1. The molecular weight excluding hydrogens is 194 g/mol. The van der Waals surface area contributed by atoms with Gasteiger partial charge in [0.05, 0.1) is 5.69 Å². The summed E-state index contributed by atoms with van der Waals surface area (Å²) in [6.07, 6.45) is 4.67. The predicted octanol–water partition coefficient (Wildman–Crippen LogP) is 0.243. The number of aryl methyl sites for hydroxylation is 1. The van der Waals surface area contributed by atoms with Gasteiger partial charge in [0.1, 0.15) is 6.04 Å². The van der Waals surface area contributed by atoms with Gasteiger partial charge in [0.2, 0.25) is 0 Å². The molecule has 5 heteroatoms. The minimum atomic E-state index is -0.970. The minimum absolute atomic E-state index is 0.321. The van der Waals surface area contributed by atoms with Crippen LogP contribution in [0.2, 0.25) is 0 Å². The molecule has 0 bridgehead atoms. The number of hydrogen-bond acceptors (Lipinski definition) is 3. The highest BCUT2D eigenvalue weighted by atomic mass is 16.4. The lowest BCUT2D eigenvalue weighted by atomic mass is 9.94. The lowest BCUT2D eigenvalue weighted by Gasteiger charge is -2.12. The Balaban J connectivity index is 2.15. The van der Waals surface area contributed by atoms with Crippen LogP contribution in [0, 0.1) is 0 Å². The fourth-order valence-electron chi connectivity index (χ4n) is 2.01. The van der Waals surface area contributed by atoms with Crippen molar-refractivity contribution < 1.29 is 9.90 Å². The molecule has 1 atom stereocenters. The highest BCUT2D eigenvalue weighted by molar-refractivity contribution is 5.73. The van der Waals surface area contributed by atoms with Gasteiger partial charge in [-0.25, -0.2) is 0 Å². The third-order valence-corrected chi connectivity index (χ3v) is 2.87. The summed E-state index contributed by atoms with van der Waals surface area (Å²) in [5, 5.41) is 15.8. The standard InChI is InChI=1S/C10H15N3O2/c11-7(10(14)15)5-9-6-3-1-2-4-8(6)12-13-9/h7H,1-5,11H2,(H,12,13)(H,14,15)/t7-/m0/s1. The van der Waals surface area contributed by atoms with E-state index in [-0.39, 0.29) is 0 Å². The zero-order valence-electron chi connectivity index (χ0n) is 8.49. The lowest BCUT2D eigenvalue weighted by molar-refractivity contribution is -0.138. The van der Waals surface area contributed by atoms with Gasteiger partial charge < -0.3 is 10.8 Å². The van der Waals surface area contributed by atoms with Crippen molar-refractivity contribution in [3.63, 3.8) is 0 Å². The molecule has 82 valence electrons. The fraction of sp³-hybridized carbons (Fsp3) is 0.600. The number of H-pyrrole nitrogens is 1. The Labute approximate surface area is 87.7 Å². The molecule has 2 rings (SSSR count). The predicted molar refractivity (Wildman–Crippen MR) is 54.5 cm³/mol. The Hall–Kier alpha value is -1.36. The average Bonchev–Trinajstić information content (AvgIpc) is 2.62. The largest absolute Gasteiger partial charge is 0.480 e. The van der Waals surface area contributed by atoms with Gasteiger partial charge in [0.15, 0.2) is 0 Å². The van der Waals surface area contributed by atoms with Gasteiger partial charge in [0, 0.05) is 12.1 Å². The molecule has 0 spiro atoms. The first-order valence-electron chi connectivity index (χ1n) is 5.22. The molecule has 1 aromatic heterocycles. The van der Waals surface area contributed by atoms with Gasteiger partial charge in [-0.15, -0.1) is 0 Å². The first kappa shape index (κ1) is 10.2. The number of aliphatic carboxylic acids is 1. The van der Waals surface area contributed by atoms with Crippen molar-refractivity contribution in [2.75, 3.05) is 0 Å². The van der Waals surface area contributed by atoms with Crippen LogP contribution >= 0.6 is 0 Å². The second kappa shape index (κ2) is 4.02. The molecule has 0 fully saturated rings. The highest BCUT2D eigenvalue weighted by Gasteiger charge is 2.20. The summed E-state index contributed by atoms with van der Waals surface area (Å²) in [5.41, 5.74) is 8.67. The number of hydrogen-bond donors (Lipinski definition) is 3. The number of carbonyl (C=O) groups is 1. The topological polar surface area (TPSA) is 92.0 Å². The molecule has 0 aromatic carbocycles. The van der Waals surface area contributed by atoms with Crippen molar-refractivity contribution in [3.8, 4) is 0 Å². The summed E-state index contributed by atoms with van der Waals surface area (Å²) >= 11 is 0. The quantitative estimate of drug-likeness (QED) is 0.665. The molecule has 1 aliphatic rings. The summed E-state index contributed by atoms with van der Waals surface area (Å²) < 4.78 is 0. The van der Waals surface area contributed by atoms with E-state index >= 15 is 0 Å². The number of fused-ring (bicyclic) bond motifs is 1. The Bertz CT molecular complexity index is 373. The Morgan fingerprint density at radius 2 is 2.27 bits per heavy atom. The summed E-state index contributed by atoms with van der Waals surface area (Å²) in [6.45, 7) is 0. The van der Waals surface area contributed by atoms with Crippen molar-refractivity contribution in [2.45, 2.75) is 38.1 Å². The van der Waals surface area contributed by atoms with Crippen LogP contribution < -0.4 is 5.73 Å². The van der Waals surface area contributed by atoms with E-state index in [0.717, 1.165) is 30.7 Å². The Kier molecular flexibility index (Phi) is 2.73. The van der Waals surface area contributed by atoms with Crippen molar-refractivity contribution in [1.29, 1.82) is 0 Å². The third kappa shape index (κ3) is 2.02. The van der Waals surface area contributed by atoms with E-state index in [9.17, 15) is 4.79 Å². The van der Waals surface area contributed by atoms with Gasteiger partial charge in [-0.05, 0) is 31.2 Å². The van der Waals surface area contributed by atoms with E-state index in [1.165, 1.54) is 12.0 Å². The number of carboxylic acid groups (broad SMARTS) is 1. The molecule has 0 amide bonds. The molecule has 0 unspecified atom stereocenters. The van der Waals surface area contributed by atoms with Gasteiger partial charge in [0.25, 0.3) is 0 Å². The lowest BCUT2D eigenvalue weighted by Crippen LogP contribution is -2.32. The van der Waals surface area contributed by atoms with Crippen LogP contribution in [0.15, 0.2) is 0 Å². The van der Waals surface area contributed by atoms with Crippen LogP contribution in [-0.4, -0.2) is 27.3 Å². The van der Waals surface area contributed by atoms with Crippen LogP contribution in [0.4, 0.5) is 0 Å². The van der Waals surface area contributed by atoms with E-state index in [2.05, 4.69) is 10.2 Å². The molecule has 0 radical (unpaired) electrons. The van der Waals surface area contributed by atoms with E-state index in [0.29, 0.717) is 6.42 Å². The van der Waals surface area contributed by atoms with Crippen LogP contribution in [0.25, 0.3) is 0 Å². The summed E-state index contributed by atoms with van der Waals surface area (Å²) in [4.78, 5) is 10.6. The molecule has 15 heavy (non-hydrogen) atoms. The molecule has 4 N–H and O–H groups in total. The molecule has 1 aromatic rings. The van der Waals surface area contributed by atoms with Gasteiger partial charge in [-0.3, -0.25) is 9.89 Å². The summed E-state index contributed by atoms with van der Waals surface area (Å²) in [6, 6.07) is -0.848. The third-order valence-electron chi connectivity index (χ3n) is 2.87. The van der Waals surface area contributed by atoms with Crippen molar-refractivity contribution >= 4 is 5.97 Å². The normalized spacial score (nSPS) is 17.1. The molecule has 0 saturated heterocycles. The average molecular weight is 209 g/mol. The second-order valence-electron chi connectivity index (χ2n) is 3.98. The zero-order chi connectivity index (χ0) is 10.8. The number of carboxylic acids is 1. The Morgan fingerprint density at radius 1 is 1.53 bits per heavy atom. The van der Waals surface area contributed by atoms with E-state index in [1.807, 2.05) is 0 Å². The van der Waals surface area contributed by atoms with Gasteiger partial charge >= 0.3 is 5.97 Å². The second-order valence-corrected chi connectivity index (χ2v) is 3.98. The smallest absolute Gasteiger partial charge is 0.320 e. The molecular formula is C10H15N3O2. The number of nitrogens with zero attached hydrogens (tertiary/aromatic N) is 1. The van der Waals surface area contributed by atoms with Crippen molar-refractivity contribution in [3.05, 3.63) is 17.0 Å². The Morgan fingerprint density at radius 3 is 3.00 bits per heavy atom. The number of rotatable bonds is 3. The maximum atomic E-state index is 10.6. The van der Waals surface area contributed by atoms with E-state index < -0.39 is 12.0 Å². The fourth-order valence-corrected chi connectivity index (χ4v) is 2.01. The molecule has 0 saturated carbocycles. The van der Waals surface area contributed by atoms with Gasteiger partial charge in [-0.1, -0.05) is 0 Å². The zero-order valence-corrected chi connectivity index (χ0v) is 8.49. The number of nitrogens with one attached hydrogen (secondary N) is 1. The van der Waals surface area contributed by atoms with Crippen LogP contribution in [0.1, 0.15) is 29.8 Å². The first-order valence-corrected chi connectivity index (χ1v) is 5.22. The van der Waals surface area contributed by atoms with Crippen LogP contribution in [0.3, 0.4) is 0 Å².